The average molecular weight is 385 g/mol. The van der Waals surface area contributed by atoms with Gasteiger partial charge in [-0.25, -0.2) is 0 Å². The van der Waals surface area contributed by atoms with Crippen molar-refractivity contribution in [1.29, 1.82) is 0 Å². The number of carbonyl (C=O) groups excluding carboxylic acids is 1. The second-order valence-corrected chi connectivity index (χ2v) is 6.21. The molecule has 1 N–H and O–H groups in total. The number of hydrogen-bond donors (Lipinski definition) is 1. The number of rotatable bonds is 6. The molecule has 0 unspecified atom stereocenters. The first kappa shape index (κ1) is 16.8. The van der Waals surface area contributed by atoms with Crippen LogP contribution in [0.3, 0.4) is 0 Å². The number of carboxylic acids is 1. The molecule has 0 aliphatic carbocycles. The third-order valence-corrected chi connectivity index (χ3v) is 4.05. The number of nitrogens with zero attached hydrogens (tertiary/aromatic N) is 1. The lowest BCUT2D eigenvalue weighted by Gasteiger charge is -2.11. The van der Waals surface area contributed by atoms with Crippen molar-refractivity contribution >= 4 is 39.3 Å². The SMILES string of the molecule is CCCn1c(CC(=O)O)cc(Cl)c1C(=O)c1ccc(Br)cc1. The third-order valence-electron chi connectivity index (χ3n) is 3.24. The Kier molecular flexibility index (Phi) is 5.42. The summed E-state index contributed by atoms with van der Waals surface area (Å²) < 4.78 is 2.59. The number of halogens is 2. The van der Waals surface area contributed by atoms with Crippen molar-refractivity contribution in [3.05, 3.63) is 56.8 Å². The molecule has 0 fully saturated rings. The van der Waals surface area contributed by atoms with E-state index in [9.17, 15) is 9.59 Å². The zero-order valence-corrected chi connectivity index (χ0v) is 14.3. The van der Waals surface area contributed by atoms with Gasteiger partial charge in [0.15, 0.2) is 0 Å². The summed E-state index contributed by atoms with van der Waals surface area (Å²) in [6.07, 6.45) is 0.617. The van der Waals surface area contributed by atoms with Gasteiger partial charge in [-0.2, -0.15) is 0 Å². The first-order chi connectivity index (χ1) is 10.4. The Morgan fingerprint density at radius 3 is 2.45 bits per heavy atom. The van der Waals surface area contributed by atoms with E-state index in [0.717, 1.165) is 10.9 Å². The molecule has 2 rings (SSSR count). The largest absolute Gasteiger partial charge is 0.481 e. The maximum atomic E-state index is 12.7. The van der Waals surface area contributed by atoms with Crippen LogP contribution in [0.1, 0.15) is 35.1 Å². The van der Waals surface area contributed by atoms with Gasteiger partial charge in [0, 0.05) is 22.3 Å². The van der Waals surface area contributed by atoms with Gasteiger partial charge < -0.3 is 9.67 Å². The maximum Gasteiger partial charge on any atom is 0.309 e. The van der Waals surface area contributed by atoms with Crippen molar-refractivity contribution in [2.75, 3.05) is 0 Å². The summed E-state index contributed by atoms with van der Waals surface area (Å²) in [5.41, 5.74) is 1.41. The molecule has 0 bridgehead atoms. The van der Waals surface area contributed by atoms with Crippen molar-refractivity contribution in [2.24, 2.45) is 0 Å². The van der Waals surface area contributed by atoms with Gasteiger partial charge in [0.05, 0.1) is 11.4 Å². The topological polar surface area (TPSA) is 59.3 Å². The fourth-order valence-electron chi connectivity index (χ4n) is 2.31. The van der Waals surface area contributed by atoms with E-state index in [0.29, 0.717) is 23.5 Å². The number of carbonyl (C=O) groups is 2. The van der Waals surface area contributed by atoms with Crippen LogP contribution in [0, 0.1) is 0 Å². The van der Waals surface area contributed by atoms with Crippen LogP contribution in [-0.4, -0.2) is 21.4 Å². The Bertz CT molecular complexity index is 707. The minimum Gasteiger partial charge on any atom is -0.481 e. The van der Waals surface area contributed by atoms with Crippen LogP contribution in [0.4, 0.5) is 0 Å². The van der Waals surface area contributed by atoms with Crippen LogP contribution in [0.2, 0.25) is 5.02 Å². The summed E-state index contributed by atoms with van der Waals surface area (Å²) in [6.45, 7) is 2.51. The van der Waals surface area contributed by atoms with Gasteiger partial charge in [-0.1, -0.05) is 34.5 Å². The molecule has 0 radical (unpaired) electrons. The van der Waals surface area contributed by atoms with E-state index in [-0.39, 0.29) is 17.2 Å². The van der Waals surface area contributed by atoms with Gasteiger partial charge in [-0.05, 0) is 36.8 Å². The lowest BCUT2D eigenvalue weighted by atomic mass is 10.1. The van der Waals surface area contributed by atoms with E-state index in [4.69, 9.17) is 16.7 Å². The molecule has 0 aliphatic rings. The van der Waals surface area contributed by atoms with Crippen LogP contribution < -0.4 is 0 Å². The summed E-state index contributed by atoms with van der Waals surface area (Å²) in [5.74, 6) is -1.16. The lowest BCUT2D eigenvalue weighted by Crippen LogP contribution is -2.15. The molecule has 0 amide bonds. The van der Waals surface area contributed by atoms with E-state index in [1.54, 1.807) is 34.9 Å². The highest BCUT2D eigenvalue weighted by Gasteiger charge is 2.22. The summed E-state index contributed by atoms with van der Waals surface area (Å²) in [4.78, 5) is 23.7. The van der Waals surface area contributed by atoms with Crippen LogP contribution in [-0.2, 0) is 17.8 Å². The van der Waals surface area contributed by atoms with Crippen LogP contribution >= 0.6 is 27.5 Å². The number of aliphatic carboxylic acids is 1. The summed E-state index contributed by atoms with van der Waals surface area (Å²) in [6, 6.07) is 8.56. The fourth-order valence-corrected chi connectivity index (χ4v) is 2.89. The number of benzene rings is 1. The quantitative estimate of drug-likeness (QED) is 0.760. The van der Waals surface area contributed by atoms with Crippen molar-refractivity contribution in [1.82, 2.24) is 4.57 Å². The Morgan fingerprint density at radius 2 is 1.91 bits per heavy atom. The number of carboxylic acid groups (broad SMARTS) is 1. The second-order valence-electron chi connectivity index (χ2n) is 4.89. The second kappa shape index (κ2) is 7.11. The highest BCUT2D eigenvalue weighted by Crippen LogP contribution is 2.26. The van der Waals surface area contributed by atoms with E-state index < -0.39 is 5.97 Å². The molecule has 0 atom stereocenters. The maximum absolute atomic E-state index is 12.7. The molecule has 0 saturated heterocycles. The van der Waals surface area contributed by atoms with Gasteiger partial charge in [0.2, 0.25) is 5.78 Å². The molecular formula is C16H15BrClNO3. The number of hydrogen-bond acceptors (Lipinski definition) is 2. The Morgan fingerprint density at radius 1 is 1.27 bits per heavy atom. The zero-order chi connectivity index (χ0) is 16.3. The molecule has 0 spiro atoms. The molecule has 22 heavy (non-hydrogen) atoms. The molecule has 1 aromatic carbocycles. The number of ketones is 1. The molecule has 6 heteroatoms. The van der Waals surface area contributed by atoms with Gasteiger partial charge in [0.1, 0.15) is 5.69 Å². The minimum absolute atomic E-state index is 0.159. The van der Waals surface area contributed by atoms with Crippen LogP contribution in [0.25, 0.3) is 0 Å². The predicted octanol–water partition coefficient (Wildman–Crippen LogP) is 4.17. The van der Waals surface area contributed by atoms with Gasteiger partial charge in [0.25, 0.3) is 0 Å². The lowest BCUT2D eigenvalue weighted by molar-refractivity contribution is -0.136. The first-order valence-corrected chi connectivity index (χ1v) is 8.01. The van der Waals surface area contributed by atoms with Gasteiger partial charge >= 0.3 is 5.97 Å². The van der Waals surface area contributed by atoms with Crippen molar-refractivity contribution in [3.8, 4) is 0 Å². The Balaban J connectivity index is 2.48. The fraction of sp³-hybridized carbons (Fsp3) is 0.250. The predicted molar refractivity (Wildman–Crippen MR) is 88.6 cm³/mol. The summed E-state index contributed by atoms with van der Waals surface area (Å²) in [7, 11) is 0. The normalized spacial score (nSPS) is 10.7. The molecule has 116 valence electrons. The smallest absolute Gasteiger partial charge is 0.309 e. The zero-order valence-electron chi connectivity index (χ0n) is 12.0. The van der Waals surface area contributed by atoms with Crippen molar-refractivity contribution < 1.29 is 14.7 Å². The summed E-state index contributed by atoms with van der Waals surface area (Å²) >= 11 is 9.53. The van der Waals surface area contributed by atoms with Crippen molar-refractivity contribution in [3.63, 3.8) is 0 Å². The monoisotopic (exact) mass is 383 g/mol. The van der Waals surface area contributed by atoms with Gasteiger partial charge in [-0.15, -0.1) is 0 Å². The molecule has 0 aliphatic heterocycles. The van der Waals surface area contributed by atoms with Crippen molar-refractivity contribution in [2.45, 2.75) is 26.3 Å². The van der Waals surface area contributed by atoms with E-state index >= 15 is 0 Å². The molecule has 0 saturated carbocycles. The first-order valence-electron chi connectivity index (χ1n) is 6.84. The van der Waals surface area contributed by atoms with Gasteiger partial charge in [-0.3, -0.25) is 9.59 Å². The average Bonchev–Trinajstić information content (AvgIpc) is 2.74. The van der Waals surface area contributed by atoms with Crippen LogP contribution in [0.15, 0.2) is 34.8 Å². The van der Waals surface area contributed by atoms with E-state index in [1.165, 1.54) is 0 Å². The molecule has 2 aromatic rings. The highest BCUT2D eigenvalue weighted by molar-refractivity contribution is 9.10. The van der Waals surface area contributed by atoms with E-state index in [2.05, 4.69) is 15.9 Å². The Hall–Kier alpha value is -1.59. The molecule has 1 aromatic heterocycles. The van der Waals surface area contributed by atoms with Crippen LogP contribution in [0.5, 0.6) is 0 Å². The Labute approximate surface area is 141 Å². The third kappa shape index (κ3) is 3.59. The number of aromatic nitrogens is 1. The molecule has 4 nitrogen and oxygen atoms in total. The van der Waals surface area contributed by atoms with E-state index in [1.807, 2.05) is 6.92 Å². The standard InChI is InChI=1S/C16H15BrClNO3/c1-2-7-19-12(9-14(20)21)8-13(18)15(19)16(22)10-3-5-11(17)6-4-10/h3-6,8H,2,7,9H2,1H3,(H,20,21). The summed E-state index contributed by atoms with van der Waals surface area (Å²) in [5, 5.41) is 9.29. The molecule has 1 heterocycles. The molecular weight excluding hydrogens is 370 g/mol. The highest BCUT2D eigenvalue weighted by atomic mass is 79.9. The minimum atomic E-state index is -0.950.